The first-order valence-electron chi connectivity index (χ1n) is 7.29. The summed E-state index contributed by atoms with van der Waals surface area (Å²) in [6.45, 7) is 4.32. The molecule has 0 unspecified atom stereocenters. The Morgan fingerprint density at radius 3 is 2.86 bits per heavy atom. The van der Waals surface area contributed by atoms with Crippen LogP contribution in [0.3, 0.4) is 0 Å². The van der Waals surface area contributed by atoms with Crippen molar-refractivity contribution in [1.82, 2.24) is 15.0 Å². The molecule has 1 aromatic rings. The van der Waals surface area contributed by atoms with Gasteiger partial charge in [0.25, 0.3) is 5.91 Å². The molecular formula is C14H19N3O5. The van der Waals surface area contributed by atoms with Crippen LogP contribution >= 0.6 is 0 Å². The summed E-state index contributed by atoms with van der Waals surface area (Å²) in [6, 6.07) is 1.45. The molecule has 2 bridgehead atoms. The molecule has 0 radical (unpaired) electrons. The summed E-state index contributed by atoms with van der Waals surface area (Å²) in [5, 5.41) is 12.8. The molecule has 1 N–H and O–H groups in total. The highest BCUT2D eigenvalue weighted by Gasteiger charge is 2.37. The maximum atomic E-state index is 12.7. The van der Waals surface area contributed by atoms with Crippen LogP contribution < -0.4 is 0 Å². The molecule has 2 saturated heterocycles. The van der Waals surface area contributed by atoms with Gasteiger partial charge in [0, 0.05) is 31.6 Å². The van der Waals surface area contributed by atoms with Gasteiger partial charge in [-0.05, 0) is 6.92 Å². The average Bonchev–Trinajstić information content (AvgIpc) is 2.66. The smallest absolute Gasteiger partial charge is 0.317 e. The number of fused-ring (bicyclic) bond motifs is 3. The van der Waals surface area contributed by atoms with Crippen molar-refractivity contribution in [2.75, 3.05) is 39.4 Å². The first-order valence-corrected chi connectivity index (χ1v) is 7.29. The summed E-state index contributed by atoms with van der Waals surface area (Å²) in [7, 11) is 0. The molecule has 1 amide bonds. The predicted molar refractivity (Wildman–Crippen MR) is 74.4 cm³/mol. The zero-order valence-electron chi connectivity index (χ0n) is 12.4. The first-order chi connectivity index (χ1) is 10.5. The predicted octanol–water partition coefficient (Wildman–Crippen LogP) is -0.160. The molecule has 2 aliphatic rings. The molecule has 120 valence electrons. The Hall–Kier alpha value is -1.93. The summed E-state index contributed by atoms with van der Waals surface area (Å²) in [5.74, 6) is -0.353. The second-order valence-corrected chi connectivity index (χ2v) is 5.93. The SMILES string of the molecule is Cc1cc(C(=O)N2C[C@H]3COC[C@@H]2CN(CC(=O)O)C3)no1. The number of hydrogen-bond donors (Lipinski definition) is 1. The third-order valence-electron chi connectivity index (χ3n) is 4.01. The van der Waals surface area contributed by atoms with Gasteiger partial charge in [-0.3, -0.25) is 14.5 Å². The Bertz CT molecular complexity index is 573. The lowest BCUT2D eigenvalue weighted by atomic mass is 10.1. The molecule has 1 aromatic heterocycles. The van der Waals surface area contributed by atoms with Crippen LogP contribution in [0.2, 0.25) is 0 Å². The van der Waals surface area contributed by atoms with Crippen molar-refractivity contribution in [1.29, 1.82) is 0 Å². The van der Waals surface area contributed by atoms with E-state index in [4.69, 9.17) is 14.4 Å². The van der Waals surface area contributed by atoms with Crippen LogP contribution in [0.4, 0.5) is 0 Å². The number of hydrogen-bond acceptors (Lipinski definition) is 6. The number of rotatable bonds is 3. The van der Waals surface area contributed by atoms with Gasteiger partial charge in [-0.15, -0.1) is 0 Å². The van der Waals surface area contributed by atoms with E-state index < -0.39 is 5.97 Å². The fourth-order valence-electron chi connectivity index (χ4n) is 3.12. The minimum atomic E-state index is -0.856. The van der Waals surface area contributed by atoms with E-state index in [0.717, 1.165) is 0 Å². The normalized spacial score (nSPS) is 25.8. The van der Waals surface area contributed by atoms with Crippen molar-refractivity contribution in [2.45, 2.75) is 13.0 Å². The van der Waals surface area contributed by atoms with Gasteiger partial charge in [0.2, 0.25) is 0 Å². The van der Waals surface area contributed by atoms with Gasteiger partial charge in [-0.25, -0.2) is 0 Å². The number of carbonyl (C=O) groups is 2. The van der Waals surface area contributed by atoms with Crippen molar-refractivity contribution in [3.8, 4) is 0 Å². The van der Waals surface area contributed by atoms with E-state index in [0.29, 0.717) is 38.6 Å². The van der Waals surface area contributed by atoms with Gasteiger partial charge < -0.3 is 19.3 Å². The number of amides is 1. The summed E-state index contributed by atoms with van der Waals surface area (Å²) in [5.41, 5.74) is 0.287. The minimum absolute atomic E-state index is 0.0158. The highest BCUT2D eigenvalue weighted by Crippen LogP contribution is 2.21. The van der Waals surface area contributed by atoms with Gasteiger partial charge in [-0.2, -0.15) is 0 Å². The lowest BCUT2D eigenvalue weighted by molar-refractivity contribution is -0.138. The van der Waals surface area contributed by atoms with Gasteiger partial charge in [0.05, 0.1) is 25.8 Å². The van der Waals surface area contributed by atoms with Crippen molar-refractivity contribution < 1.29 is 24.0 Å². The molecule has 0 aromatic carbocycles. The molecule has 22 heavy (non-hydrogen) atoms. The Morgan fingerprint density at radius 2 is 2.18 bits per heavy atom. The fraction of sp³-hybridized carbons (Fsp3) is 0.643. The Kier molecular flexibility index (Phi) is 4.12. The summed E-state index contributed by atoms with van der Waals surface area (Å²) in [4.78, 5) is 27.2. The zero-order valence-corrected chi connectivity index (χ0v) is 12.4. The number of nitrogens with zero attached hydrogens (tertiary/aromatic N) is 3. The third-order valence-corrected chi connectivity index (χ3v) is 4.01. The van der Waals surface area contributed by atoms with E-state index in [2.05, 4.69) is 5.16 Å². The van der Waals surface area contributed by atoms with Crippen molar-refractivity contribution in [3.63, 3.8) is 0 Å². The van der Waals surface area contributed by atoms with E-state index >= 15 is 0 Å². The number of carboxylic acid groups (broad SMARTS) is 1. The summed E-state index contributed by atoms with van der Waals surface area (Å²) < 4.78 is 10.6. The van der Waals surface area contributed by atoms with Gasteiger partial charge in [0.1, 0.15) is 5.76 Å². The molecule has 3 rings (SSSR count). The number of carboxylic acids is 1. The molecular weight excluding hydrogens is 290 g/mol. The van der Waals surface area contributed by atoms with E-state index in [1.54, 1.807) is 17.9 Å². The number of carbonyl (C=O) groups excluding carboxylic acids is 1. The molecule has 8 heteroatoms. The molecule has 8 nitrogen and oxygen atoms in total. The minimum Gasteiger partial charge on any atom is -0.480 e. The summed E-state index contributed by atoms with van der Waals surface area (Å²) in [6.07, 6.45) is 0. The van der Waals surface area contributed by atoms with Crippen LogP contribution in [0.15, 0.2) is 10.6 Å². The van der Waals surface area contributed by atoms with Crippen molar-refractivity contribution in [2.24, 2.45) is 5.92 Å². The van der Waals surface area contributed by atoms with Crippen molar-refractivity contribution in [3.05, 3.63) is 17.5 Å². The topological polar surface area (TPSA) is 96.1 Å². The molecule has 2 atom stereocenters. The van der Waals surface area contributed by atoms with Gasteiger partial charge in [0.15, 0.2) is 5.69 Å². The van der Waals surface area contributed by atoms with Gasteiger partial charge in [-0.1, -0.05) is 5.16 Å². The van der Waals surface area contributed by atoms with Crippen LogP contribution in [0.25, 0.3) is 0 Å². The summed E-state index contributed by atoms with van der Waals surface area (Å²) >= 11 is 0. The maximum absolute atomic E-state index is 12.7. The lowest BCUT2D eigenvalue weighted by Gasteiger charge is -2.30. The highest BCUT2D eigenvalue weighted by molar-refractivity contribution is 5.92. The second-order valence-electron chi connectivity index (χ2n) is 5.93. The monoisotopic (exact) mass is 309 g/mol. The number of ether oxygens (including phenoxy) is 1. The van der Waals surface area contributed by atoms with E-state index in [1.165, 1.54) is 0 Å². The standard InChI is InChI=1S/C14H19N3O5/c1-9-2-12(15-22-9)14(20)17-4-10-3-16(6-13(18)19)5-11(17)8-21-7-10/h2,10-11H,3-8H2,1H3,(H,18,19)/t10-,11-/m0/s1. The Labute approximate surface area is 127 Å². The highest BCUT2D eigenvalue weighted by atomic mass is 16.5. The molecule has 2 fully saturated rings. The lowest BCUT2D eigenvalue weighted by Crippen LogP contribution is -2.47. The first kappa shape index (κ1) is 15.0. The number of aromatic nitrogens is 1. The molecule has 0 saturated carbocycles. The van der Waals surface area contributed by atoms with Crippen LogP contribution in [0, 0.1) is 12.8 Å². The maximum Gasteiger partial charge on any atom is 0.317 e. The van der Waals surface area contributed by atoms with Crippen LogP contribution in [0.1, 0.15) is 16.2 Å². The average molecular weight is 309 g/mol. The molecule has 0 aliphatic carbocycles. The fourth-order valence-corrected chi connectivity index (χ4v) is 3.12. The Balaban J connectivity index is 1.80. The van der Waals surface area contributed by atoms with Crippen LogP contribution in [-0.4, -0.2) is 77.4 Å². The van der Waals surface area contributed by atoms with Crippen LogP contribution in [0.5, 0.6) is 0 Å². The second kappa shape index (κ2) is 6.05. The molecule has 0 spiro atoms. The molecule has 3 heterocycles. The van der Waals surface area contributed by atoms with E-state index in [-0.39, 0.29) is 30.1 Å². The number of aryl methyl sites for hydroxylation is 1. The van der Waals surface area contributed by atoms with Gasteiger partial charge >= 0.3 is 5.97 Å². The quantitative estimate of drug-likeness (QED) is 0.828. The number of aliphatic carboxylic acids is 1. The van der Waals surface area contributed by atoms with Crippen molar-refractivity contribution >= 4 is 11.9 Å². The largest absolute Gasteiger partial charge is 0.480 e. The zero-order chi connectivity index (χ0) is 15.7. The third kappa shape index (κ3) is 3.12. The van der Waals surface area contributed by atoms with Crippen LogP contribution in [-0.2, 0) is 9.53 Å². The molecule has 2 aliphatic heterocycles. The van der Waals surface area contributed by atoms with E-state index in [9.17, 15) is 9.59 Å². The van der Waals surface area contributed by atoms with E-state index in [1.807, 2.05) is 4.90 Å². The Morgan fingerprint density at radius 1 is 1.36 bits per heavy atom.